The van der Waals surface area contributed by atoms with Gasteiger partial charge >= 0.3 is 5.97 Å². The van der Waals surface area contributed by atoms with Crippen molar-refractivity contribution >= 4 is 23.4 Å². The van der Waals surface area contributed by atoms with Gasteiger partial charge in [0.2, 0.25) is 5.91 Å². The number of ketones is 2. The molecule has 12 nitrogen and oxygen atoms in total. The molecule has 0 aliphatic carbocycles. The number of aliphatic hydroxyl groups excluding tert-OH is 2. The lowest BCUT2D eigenvalue weighted by atomic mass is 10.1. The van der Waals surface area contributed by atoms with Crippen LogP contribution in [0.4, 0.5) is 0 Å². The van der Waals surface area contributed by atoms with Crippen LogP contribution in [0.5, 0.6) is 0 Å². The maximum absolute atomic E-state index is 12.5. The van der Waals surface area contributed by atoms with Crippen LogP contribution in [-0.4, -0.2) is 127 Å². The minimum absolute atomic E-state index is 0.0202. The van der Waals surface area contributed by atoms with E-state index in [-0.39, 0.29) is 62.9 Å². The van der Waals surface area contributed by atoms with Crippen LogP contribution in [0.2, 0.25) is 0 Å². The first-order chi connectivity index (χ1) is 17.6. The molecule has 0 radical (unpaired) electrons. The molecule has 0 spiro atoms. The minimum Gasteiger partial charge on any atom is -0.460 e. The monoisotopic (exact) mass is 530 g/mol. The number of nitrogens with one attached hydrogen (secondary N) is 2. The van der Waals surface area contributed by atoms with Crippen molar-refractivity contribution < 1.29 is 38.9 Å². The summed E-state index contributed by atoms with van der Waals surface area (Å²) >= 11 is 0. The number of Topliss-reactive ketones (excluding diaryl/α,β-unsaturated/α-hetero) is 2. The Labute approximate surface area is 220 Å². The number of carbonyl (C=O) groups is 4. The fraction of sp³-hybridized carbons (Fsp3) is 0.840. The molecule has 1 rings (SSSR count). The predicted molar refractivity (Wildman–Crippen MR) is 137 cm³/mol. The van der Waals surface area contributed by atoms with Gasteiger partial charge in [-0.05, 0) is 20.1 Å². The van der Waals surface area contributed by atoms with Gasteiger partial charge in [0.25, 0.3) is 0 Å². The average molecular weight is 531 g/mol. The van der Waals surface area contributed by atoms with E-state index in [1.807, 2.05) is 18.7 Å². The van der Waals surface area contributed by atoms with Gasteiger partial charge in [0.1, 0.15) is 17.7 Å². The number of nitrogens with zero attached hydrogens (tertiary/aromatic N) is 2. The van der Waals surface area contributed by atoms with E-state index in [1.165, 1.54) is 0 Å². The first kappa shape index (κ1) is 33.1. The van der Waals surface area contributed by atoms with Crippen molar-refractivity contribution in [3.05, 3.63) is 0 Å². The van der Waals surface area contributed by atoms with E-state index in [4.69, 9.17) is 9.47 Å². The third-order valence-electron chi connectivity index (χ3n) is 6.17. The molecule has 0 bridgehead atoms. The molecule has 214 valence electrons. The highest BCUT2D eigenvalue weighted by Gasteiger charge is 2.27. The number of amides is 1. The number of carbonyl (C=O) groups excluding carboxylic acids is 4. The molecule has 1 aliphatic heterocycles. The van der Waals surface area contributed by atoms with Gasteiger partial charge in [0.15, 0.2) is 6.29 Å². The van der Waals surface area contributed by atoms with E-state index in [0.29, 0.717) is 39.0 Å². The minimum atomic E-state index is -1.02. The number of hydrogen-bond donors (Lipinski definition) is 4. The van der Waals surface area contributed by atoms with Crippen molar-refractivity contribution in [3.63, 3.8) is 0 Å². The van der Waals surface area contributed by atoms with Crippen LogP contribution in [0.25, 0.3) is 0 Å². The fourth-order valence-electron chi connectivity index (χ4n) is 3.83. The Morgan fingerprint density at radius 2 is 1.73 bits per heavy atom. The van der Waals surface area contributed by atoms with Crippen molar-refractivity contribution in [1.82, 2.24) is 20.4 Å². The SMILES string of the molecule is CCC(=O)C[C@H](CC(=O)CNCCN(CC)CC(=O)NCC1CC(O)CC(O)O1)OC(=O)CN(C)CC. The maximum atomic E-state index is 12.5. The molecular weight excluding hydrogens is 484 g/mol. The van der Waals surface area contributed by atoms with E-state index in [1.54, 1.807) is 18.9 Å². The standard InChI is InChI=1S/C25H46N4O8/c1-5-18(30)10-21(36-25(35)17-28(4)6-2)12-20(32)14-26-8-9-29(7-3)16-23(33)27-15-22-11-19(31)13-24(34)37-22/h19,21-22,24,26,31,34H,5-17H2,1-4H3,(H,27,33)/t19?,21-,22?,24?/m1/s1. The number of aliphatic hydroxyl groups is 2. The first-order valence-corrected chi connectivity index (χ1v) is 13.2. The van der Waals surface area contributed by atoms with Crippen LogP contribution >= 0.6 is 0 Å². The number of rotatable bonds is 19. The zero-order valence-electron chi connectivity index (χ0n) is 22.7. The topological polar surface area (TPSA) is 158 Å². The summed E-state index contributed by atoms with van der Waals surface area (Å²) in [7, 11) is 1.79. The van der Waals surface area contributed by atoms with E-state index < -0.39 is 30.6 Å². The number of hydrogen-bond acceptors (Lipinski definition) is 11. The van der Waals surface area contributed by atoms with E-state index in [2.05, 4.69) is 10.6 Å². The van der Waals surface area contributed by atoms with Crippen molar-refractivity contribution in [1.29, 1.82) is 0 Å². The molecule has 0 aromatic carbocycles. The molecule has 12 heteroatoms. The van der Waals surface area contributed by atoms with Gasteiger partial charge in [-0.2, -0.15) is 0 Å². The summed E-state index contributed by atoms with van der Waals surface area (Å²) in [6, 6.07) is 0. The van der Waals surface area contributed by atoms with Crippen LogP contribution < -0.4 is 10.6 Å². The predicted octanol–water partition coefficient (Wildman–Crippen LogP) is -0.936. The van der Waals surface area contributed by atoms with Gasteiger partial charge in [-0.25, -0.2) is 0 Å². The molecule has 4 N–H and O–H groups in total. The summed E-state index contributed by atoms with van der Waals surface area (Å²) in [6.45, 7) is 8.40. The van der Waals surface area contributed by atoms with Crippen molar-refractivity contribution in [3.8, 4) is 0 Å². The Bertz CT molecular complexity index is 713. The highest BCUT2D eigenvalue weighted by Crippen LogP contribution is 2.17. The molecule has 1 fully saturated rings. The van der Waals surface area contributed by atoms with Gasteiger partial charge in [-0.15, -0.1) is 0 Å². The van der Waals surface area contributed by atoms with Crippen molar-refractivity contribution in [2.24, 2.45) is 0 Å². The summed E-state index contributed by atoms with van der Waals surface area (Å²) in [6.07, 6.45) is -2.06. The summed E-state index contributed by atoms with van der Waals surface area (Å²) in [5.74, 6) is -0.891. The van der Waals surface area contributed by atoms with E-state index >= 15 is 0 Å². The molecule has 0 aromatic heterocycles. The summed E-state index contributed by atoms with van der Waals surface area (Å²) in [5.41, 5.74) is 0. The molecule has 4 atom stereocenters. The third kappa shape index (κ3) is 15.1. The third-order valence-corrected chi connectivity index (χ3v) is 6.17. The summed E-state index contributed by atoms with van der Waals surface area (Å²) < 4.78 is 10.7. The van der Waals surface area contributed by atoms with Gasteiger partial charge in [-0.1, -0.05) is 20.8 Å². The molecular formula is C25H46N4O8. The first-order valence-electron chi connectivity index (χ1n) is 13.2. The Balaban J connectivity index is 2.36. The summed E-state index contributed by atoms with van der Waals surface area (Å²) in [5, 5.41) is 25.1. The smallest absolute Gasteiger partial charge is 0.320 e. The van der Waals surface area contributed by atoms with Gasteiger partial charge < -0.3 is 30.3 Å². The zero-order chi connectivity index (χ0) is 27.8. The van der Waals surface area contributed by atoms with E-state index in [9.17, 15) is 29.4 Å². The highest BCUT2D eigenvalue weighted by molar-refractivity contribution is 5.84. The maximum Gasteiger partial charge on any atom is 0.320 e. The van der Waals surface area contributed by atoms with Crippen molar-refractivity contribution in [2.45, 2.75) is 77.5 Å². The molecule has 37 heavy (non-hydrogen) atoms. The second-order valence-corrected chi connectivity index (χ2v) is 9.47. The Kier molecular flexibility index (Phi) is 16.4. The lowest BCUT2D eigenvalue weighted by Gasteiger charge is -2.30. The number of ether oxygens (including phenoxy) is 2. The Morgan fingerprint density at radius 1 is 1.03 bits per heavy atom. The van der Waals surface area contributed by atoms with Gasteiger partial charge in [0.05, 0.1) is 31.8 Å². The quantitative estimate of drug-likeness (QED) is 0.121. The molecule has 1 amide bonds. The number of esters is 1. The second kappa shape index (κ2) is 18.3. The van der Waals surface area contributed by atoms with Crippen LogP contribution in [0.3, 0.4) is 0 Å². The van der Waals surface area contributed by atoms with Crippen LogP contribution in [0, 0.1) is 0 Å². The largest absolute Gasteiger partial charge is 0.460 e. The van der Waals surface area contributed by atoms with Crippen LogP contribution in [-0.2, 0) is 28.7 Å². The van der Waals surface area contributed by atoms with Crippen LogP contribution in [0.15, 0.2) is 0 Å². The van der Waals surface area contributed by atoms with Crippen molar-refractivity contribution in [2.75, 3.05) is 59.4 Å². The molecule has 0 aromatic rings. The molecule has 1 aliphatic rings. The van der Waals surface area contributed by atoms with E-state index in [0.717, 1.165) is 0 Å². The molecule has 1 heterocycles. The highest BCUT2D eigenvalue weighted by atomic mass is 16.6. The second-order valence-electron chi connectivity index (χ2n) is 9.47. The Morgan fingerprint density at radius 3 is 2.35 bits per heavy atom. The lowest BCUT2D eigenvalue weighted by Crippen LogP contribution is -2.46. The molecule has 1 saturated heterocycles. The number of likely N-dealkylation sites (N-methyl/N-ethyl adjacent to an activating group) is 2. The van der Waals surface area contributed by atoms with Gasteiger partial charge in [-0.3, -0.25) is 29.0 Å². The van der Waals surface area contributed by atoms with Crippen LogP contribution in [0.1, 0.15) is 52.9 Å². The summed E-state index contributed by atoms with van der Waals surface area (Å²) in [4.78, 5) is 52.4. The fourth-order valence-corrected chi connectivity index (χ4v) is 3.83. The zero-order valence-corrected chi connectivity index (χ0v) is 22.7. The normalized spacial score (nSPS) is 20.6. The van der Waals surface area contributed by atoms with Gasteiger partial charge in [0, 0.05) is 51.7 Å². The lowest BCUT2D eigenvalue weighted by molar-refractivity contribution is -0.187. The average Bonchev–Trinajstić information content (AvgIpc) is 2.83. The Hall–Kier alpha value is -1.96. The molecule has 3 unspecified atom stereocenters. The molecule has 0 saturated carbocycles.